The first-order valence-electron chi connectivity index (χ1n) is 11.3. The van der Waals surface area contributed by atoms with E-state index in [9.17, 15) is 4.79 Å². The van der Waals surface area contributed by atoms with Crippen molar-refractivity contribution in [3.05, 3.63) is 47.3 Å². The Balaban J connectivity index is 1.37. The quantitative estimate of drug-likeness (QED) is 0.762. The van der Waals surface area contributed by atoms with Crippen molar-refractivity contribution in [1.29, 1.82) is 0 Å². The van der Waals surface area contributed by atoms with Crippen LogP contribution in [0, 0.1) is 12.8 Å². The van der Waals surface area contributed by atoms with Crippen LogP contribution in [0.4, 0.5) is 11.6 Å². The number of benzene rings is 1. The molecule has 1 aromatic heterocycles. The van der Waals surface area contributed by atoms with Crippen LogP contribution in [0.25, 0.3) is 0 Å². The van der Waals surface area contributed by atoms with Gasteiger partial charge in [0, 0.05) is 62.8 Å². The Bertz CT molecular complexity index is 887. The molecule has 1 aromatic carbocycles. The summed E-state index contributed by atoms with van der Waals surface area (Å²) >= 11 is 0. The van der Waals surface area contributed by atoms with E-state index >= 15 is 0 Å². The number of nitrogens with zero attached hydrogens (tertiary/aromatic N) is 5. The van der Waals surface area contributed by atoms with E-state index in [1.807, 2.05) is 6.20 Å². The number of carbonyl (C=O) groups excluding carboxylic acids is 1. The van der Waals surface area contributed by atoms with Crippen molar-refractivity contribution in [3.63, 3.8) is 0 Å². The zero-order valence-corrected chi connectivity index (χ0v) is 18.5. The number of anilines is 2. The fraction of sp³-hybridized carbons (Fsp3) is 0.542. The highest BCUT2D eigenvalue weighted by Crippen LogP contribution is 2.28. The first kappa shape index (κ1) is 20.6. The zero-order chi connectivity index (χ0) is 21.1. The maximum absolute atomic E-state index is 13.2. The van der Waals surface area contributed by atoms with Gasteiger partial charge in [0.1, 0.15) is 0 Å². The molecule has 0 spiro atoms. The molecule has 0 bridgehead atoms. The minimum absolute atomic E-state index is 0.0606. The highest BCUT2D eigenvalue weighted by Gasteiger charge is 2.31. The third-order valence-corrected chi connectivity index (χ3v) is 6.58. The Morgan fingerprint density at radius 1 is 1.13 bits per heavy atom. The van der Waals surface area contributed by atoms with Crippen LogP contribution in [-0.4, -0.2) is 60.0 Å². The molecule has 1 aliphatic carbocycles. The smallest absolute Gasteiger partial charge is 0.226 e. The number of aromatic nitrogens is 2. The summed E-state index contributed by atoms with van der Waals surface area (Å²) in [7, 11) is 0. The summed E-state index contributed by atoms with van der Waals surface area (Å²) in [6.45, 7) is 11.6. The third kappa shape index (κ3) is 4.13. The fourth-order valence-corrected chi connectivity index (χ4v) is 4.71. The molecule has 1 saturated heterocycles. The molecule has 1 unspecified atom stereocenters. The van der Waals surface area contributed by atoms with Gasteiger partial charge in [0.15, 0.2) is 0 Å². The highest BCUT2D eigenvalue weighted by atomic mass is 16.2. The number of para-hydroxylation sites is 1. The normalized spacial score (nSPS) is 18.8. The van der Waals surface area contributed by atoms with E-state index in [1.54, 1.807) is 0 Å². The molecule has 0 N–H and O–H groups in total. The van der Waals surface area contributed by atoms with Gasteiger partial charge in [-0.3, -0.25) is 4.79 Å². The van der Waals surface area contributed by atoms with Gasteiger partial charge >= 0.3 is 0 Å². The van der Waals surface area contributed by atoms with Gasteiger partial charge in [-0.2, -0.15) is 0 Å². The molecule has 2 aromatic rings. The van der Waals surface area contributed by atoms with E-state index in [4.69, 9.17) is 4.98 Å². The number of hydrogen-bond acceptors (Lipinski definition) is 5. The van der Waals surface area contributed by atoms with Crippen LogP contribution < -0.4 is 9.80 Å². The second-order valence-electron chi connectivity index (χ2n) is 8.35. The summed E-state index contributed by atoms with van der Waals surface area (Å²) in [5.41, 5.74) is 4.86. The van der Waals surface area contributed by atoms with Crippen molar-refractivity contribution < 1.29 is 4.79 Å². The maximum atomic E-state index is 13.2. The van der Waals surface area contributed by atoms with Crippen LogP contribution in [0.5, 0.6) is 0 Å². The summed E-state index contributed by atoms with van der Waals surface area (Å²) in [6, 6.07) is 8.50. The second-order valence-corrected chi connectivity index (χ2v) is 8.35. The lowest BCUT2D eigenvalue weighted by Gasteiger charge is -2.38. The van der Waals surface area contributed by atoms with Crippen molar-refractivity contribution in [3.8, 4) is 0 Å². The SMILES string of the molecule is CCN(CC)c1ncc2c(n1)CCC(C(=O)N1CCN(c3ccccc3C)CC1)C2. The largest absolute Gasteiger partial charge is 0.368 e. The molecule has 1 fully saturated rings. The van der Waals surface area contributed by atoms with Crippen LogP contribution in [0.1, 0.15) is 37.1 Å². The van der Waals surface area contributed by atoms with E-state index in [0.29, 0.717) is 5.91 Å². The summed E-state index contributed by atoms with van der Waals surface area (Å²) in [4.78, 5) is 29.2. The van der Waals surface area contributed by atoms with Crippen molar-refractivity contribution in [2.75, 3.05) is 49.1 Å². The van der Waals surface area contributed by atoms with Crippen LogP contribution in [0.2, 0.25) is 0 Å². The second kappa shape index (κ2) is 9.02. The lowest BCUT2D eigenvalue weighted by atomic mass is 9.86. The molecule has 0 radical (unpaired) electrons. The van der Waals surface area contributed by atoms with Crippen molar-refractivity contribution in [2.45, 2.75) is 40.0 Å². The standard InChI is InChI=1S/C24H33N5O/c1-4-27(5-2)24-25-17-20-16-19(10-11-21(20)26-24)23(30)29-14-12-28(13-15-29)22-9-7-6-8-18(22)3/h6-9,17,19H,4-5,10-16H2,1-3H3. The molecule has 4 rings (SSSR count). The molecule has 30 heavy (non-hydrogen) atoms. The molecule has 0 saturated carbocycles. The Kier molecular flexibility index (Phi) is 6.21. The van der Waals surface area contributed by atoms with E-state index < -0.39 is 0 Å². The van der Waals surface area contributed by atoms with Gasteiger partial charge < -0.3 is 14.7 Å². The van der Waals surface area contributed by atoms with Crippen LogP contribution in [0.15, 0.2) is 30.5 Å². The number of fused-ring (bicyclic) bond motifs is 1. The summed E-state index contributed by atoms with van der Waals surface area (Å²) < 4.78 is 0. The predicted octanol–water partition coefficient (Wildman–Crippen LogP) is 3.08. The number of hydrogen-bond donors (Lipinski definition) is 0. The Morgan fingerprint density at radius 3 is 2.57 bits per heavy atom. The average molecular weight is 408 g/mol. The molecule has 1 atom stereocenters. The lowest BCUT2D eigenvalue weighted by Crippen LogP contribution is -2.51. The molecule has 1 amide bonds. The van der Waals surface area contributed by atoms with Crippen LogP contribution in [0.3, 0.4) is 0 Å². The van der Waals surface area contributed by atoms with Gasteiger partial charge in [0.05, 0.1) is 0 Å². The summed E-state index contributed by atoms with van der Waals surface area (Å²) in [5.74, 6) is 1.18. The number of piperazine rings is 1. The van der Waals surface area contributed by atoms with Crippen LogP contribution >= 0.6 is 0 Å². The molecule has 1 aliphatic heterocycles. The van der Waals surface area contributed by atoms with Gasteiger partial charge in [0.25, 0.3) is 0 Å². The van der Waals surface area contributed by atoms with E-state index in [0.717, 1.165) is 75.7 Å². The molecular weight excluding hydrogens is 374 g/mol. The summed E-state index contributed by atoms with van der Waals surface area (Å²) in [5, 5.41) is 0. The molecule has 6 heteroatoms. The molecule has 6 nitrogen and oxygen atoms in total. The Hall–Kier alpha value is -2.63. The van der Waals surface area contributed by atoms with Gasteiger partial charge in [-0.1, -0.05) is 18.2 Å². The van der Waals surface area contributed by atoms with Gasteiger partial charge in [-0.25, -0.2) is 9.97 Å². The van der Waals surface area contributed by atoms with E-state index in [1.165, 1.54) is 11.3 Å². The van der Waals surface area contributed by atoms with Crippen molar-refractivity contribution in [1.82, 2.24) is 14.9 Å². The topological polar surface area (TPSA) is 52.6 Å². The molecule has 2 aliphatic rings. The van der Waals surface area contributed by atoms with Crippen molar-refractivity contribution >= 4 is 17.5 Å². The van der Waals surface area contributed by atoms with Gasteiger partial charge in [0.2, 0.25) is 11.9 Å². The monoisotopic (exact) mass is 407 g/mol. The molecule has 160 valence electrons. The average Bonchev–Trinajstić information content (AvgIpc) is 2.79. The van der Waals surface area contributed by atoms with Crippen molar-refractivity contribution in [2.24, 2.45) is 5.92 Å². The zero-order valence-electron chi connectivity index (χ0n) is 18.5. The number of aryl methyl sites for hydroxylation is 2. The summed E-state index contributed by atoms with van der Waals surface area (Å²) in [6.07, 6.45) is 4.47. The van der Waals surface area contributed by atoms with E-state index in [-0.39, 0.29) is 5.92 Å². The number of carbonyl (C=O) groups is 1. The van der Waals surface area contributed by atoms with Crippen LogP contribution in [-0.2, 0) is 17.6 Å². The van der Waals surface area contributed by atoms with Gasteiger partial charge in [-0.05, 0) is 57.2 Å². The minimum atomic E-state index is 0.0606. The van der Waals surface area contributed by atoms with E-state index in [2.05, 4.69) is 64.7 Å². The molecular formula is C24H33N5O. The number of rotatable bonds is 5. The third-order valence-electron chi connectivity index (χ3n) is 6.58. The first-order chi connectivity index (χ1) is 14.6. The number of amides is 1. The van der Waals surface area contributed by atoms with Gasteiger partial charge in [-0.15, -0.1) is 0 Å². The lowest BCUT2D eigenvalue weighted by molar-refractivity contribution is -0.136. The minimum Gasteiger partial charge on any atom is -0.368 e. The maximum Gasteiger partial charge on any atom is 0.226 e. The Labute approximate surface area is 179 Å². The molecule has 2 heterocycles. The fourth-order valence-electron chi connectivity index (χ4n) is 4.71. The first-order valence-corrected chi connectivity index (χ1v) is 11.3. The highest BCUT2D eigenvalue weighted by molar-refractivity contribution is 5.80. The Morgan fingerprint density at radius 2 is 1.87 bits per heavy atom. The predicted molar refractivity (Wildman–Crippen MR) is 121 cm³/mol.